The molecular weight excluding hydrogens is 314 g/mol. The maximum absolute atomic E-state index is 12.5. The average Bonchev–Trinajstić information content (AvgIpc) is 3.26. The van der Waals surface area contributed by atoms with Gasteiger partial charge < -0.3 is 19.5 Å². The van der Waals surface area contributed by atoms with Crippen LogP contribution in [0, 0.1) is 0 Å². The number of rotatable bonds is 4. The normalized spacial score (nSPS) is 15.6. The third kappa shape index (κ3) is 3.62. The molecule has 23 heavy (non-hydrogen) atoms. The van der Waals surface area contributed by atoms with Crippen LogP contribution in [-0.2, 0) is 0 Å². The van der Waals surface area contributed by atoms with Crippen LogP contribution in [-0.4, -0.2) is 54.3 Å². The summed E-state index contributed by atoms with van der Waals surface area (Å²) < 4.78 is 5.05. The van der Waals surface area contributed by atoms with Crippen molar-refractivity contribution in [3.05, 3.63) is 41.2 Å². The lowest BCUT2D eigenvalue weighted by Crippen LogP contribution is -2.48. The lowest BCUT2D eigenvalue weighted by molar-refractivity contribution is 0.0648. The molecule has 0 aromatic carbocycles. The van der Waals surface area contributed by atoms with E-state index in [2.05, 4.69) is 17.1 Å². The Morgan fingerprint density at radius 1 is 1.22 bits per heavy atom. The van der Waals surface area contributed by atoms with Gasteiger partial charge in [0.2, 0.25) is 0 Å². The second-order valence-electron chi connectivity index (χ2n) is 5.32. The highest BCUT2D eigenvalue weighted by atomic mass is 32.1. The lowest BCUT2D eigenvalue weighted by atomic mass is 10.3. The van der Waals surface area contributed by atoms with E-state index in [0.29, 0.717) is 9.88 Å². The van der Waals surface area contributed by atoms with Gasteiger partial charge in [-0.2, -0.15) is 0 Å². The summed E-state index contributed by atoms with van der Waals surface area (Å²) in [7, 11) is 0. The zero-order valence-corrected chi connectivity index (χ0v) is 13.8. The largest absolute Gasteiger partial charge is 0.459 e. The second kappa shape index (κ2) is 6.97. The van der Waals surface area contributed by atoms with Gasteiger partial charge in [-0.05, 0) is 30.8 Å². The summed E-state index contributed by atoms with van der Waals surface area (Å²) in [5.41, 5.74) is 0. The Bertz CT molecular complexity index is 673. The molecule has 6 nitrogen and oxygen atoms in total. The molecule has 3 rings (SSSR count). The summed E-state index contributed by atoms with van der Waals surface area (Å²) in [6.45, 7) is 6.47. The third-order valence-electron chi connectivity index (χ3n) is 3.91. The average molecular weight is 333 g/mol. The molecule has 1 aliphatic rings. The van der Waals surface area contributed by atoms with Crippen molar-refractivity contribution < 1.29 is 14.0 Å². The summed E-state index contributed by atoms with van der Waals surface area (Å²) in [6, 6.07) is 6.77. The number of piperazine rings is 1. The first-order valence-electron chi connectivity index (χ1n) is 7.63. The van der Waals surface area contributed by atoms with Crippen molar-refractivity contribution in [2.75, 3.05) is 38.0 Å². The number of thiophene rings is 1. The Balaban J connectivity index is 1.60. The van der Waals surface area contributed by atoms with E-state index in [-0.39, 0.29) is 17.6 Å². The van der Waals surface area contributed by atoms with Gasteiger partial charge in [-0.1, -0.05) is 6.92 Å². The molecule has 2 amide bonds. The molecule has 1 fully saturated rings. The number of anilines is 1. The maximum atomic E-state index is 12.5. The number of likely N-dealkylation sites (N-methyl/N-ethyl adjacent to an activating group) is 1. The van der Waals surface area contributed by atoms with E-state index in [0.717, 1.165) is 32.7 Å². The molecule has 1 N–H and O–H groups in total. The fourth-order valence-electron chi connectivity index (χ4n) is 2.52. The van der Waals surface area contributed by atoms with Gasteiger partial charge in [0.1, 0.15) is 0 Å². The minimum atomic E-state index is -0.313. The number of hydrogen-bond donors (Lipinski definition) is 1. The Morgan fingerprint density at radius 2 is 2.00 bits per heavy atom. The van der Waals surface area contributed by atoms with Crippen LogP contribution in [0.25, 0.3) is 0 Å². The number of furan rings is 1. The maximum Gasteiger partial charge on any atom is 0.291 e. The molecule has 0 aliphatic carbocycles. The number of carbonyl (C=O) groups excluding carboxylic acids is 2. The molecule has 0 saturated carbocycles. The highest BCUT2D eigenvalue weighted by Crippen LogP contribution is 2.24. The Kier molecular flexibility index (Phi) is 4.78. The lowest BCUT2D eigenvalue weighted by Gasteiger charge is -2.33. The highest BCUT2D eigenvalue weighted by molar-refractivity contribution is 7.18. The molecule has 0 radical (unpaired) electrons. The zero-order chi connectivity index (χ0) is 16.2. The molecule has 2 aromatic heterocycles. The molecule has 122 valence electrons. The molecule has 0 spiro atoms. The molecule has 2 aromatic rings. The van der Waals surface area contributed by atoms with Crippen molar-refractivity contribution in [2.45, 2.75) is 6.92 Å². The minimum absolute atomic E-state index is 0.0317. The van der Waals surface area contributed by atoms with Crippen molar-refractivity contribution in [1.82, 2.24) is 9.80 Å². The first-order valence-corrected chi connectivity index (χ1v) is 8.45. The van der Waals surface area contributed by atoms with Crippen LogP contribution < -0.4 is 5.32 Å². The van der Waals surface area contributed by atoms with Crippen molar-refractivity contribution in [2.24, 2.45) is 0 Å². The Labute approximate surface area is 138 Å². The van der Waals surface area contributed by atoms with E-state index < -0.39 is 0 Å². The van der Waals surface area contributed by atoms with Gasteiger partial charge in [0, 0.05) is 26.2 Å². The number of nitrogens with zero attached hydrogens (tertiary/aromatic N) is 2. The summed E-state index contributed by atoms with van der Waals surface area (Å²) >= 11 is 1.29. The molecule has 0 atom stereocenters. The van der Waals surface area contributed by atoms with Crippen LogP contribution in [0.2, 0.25) is 0 Å². The van der Waals surface area contributed by atoms with Gasteiger partial charge in [0.15, 0.2) is 5.76 Å². The van der Waals surface area contributed by atoms with Crippen LogP contribution in [0.5, 0.6) is 0 Å². The number of amides is 2. The third-order valence-corrected chi connectivity index (χ3v) is 4.89. The first-order chi connectivity index (χ1) is 11.2. The predicted octanol–water partition coefficient (Wildman–Crippen LogP) is 2.37. The van der Waals surface area contributed by atoms with Crippen molar-refractivity contribution in [1.29, 1.82) is 0 Å². The summed E-state index contributed by atoms with van der Waals surface area (Å²) in [6.07, 6.45) is 1.45. The van der Waals surface area contributed by atoms with Crippen molar-refractivity contribution in [3.8, 4) is 0 Å². The van der Waals surface area contributed by atoms with Crippen molar-refractivity contribution in [3.63, 3.8) is 0 Å². The van der Waals surface area contributed by atoms with Gasteiger partial charge in [-0.3, -0.25) is 9.59 Å². The molecule has 1 aliphatic heterocycles. The van der Waals surface area contributed by atoms with E-state index in [1.54, 1.807) is 24.3 Å². The summed E-state index contributed by atoms with van der Waals surface area (Å²) in [4.78, 5) is 29.3. The van der Waals surface area contributed by atoms with Crippen LogP contribution in [0.4, 0.5) is 5.00 Å². The Morgan fingerprint density at radius 3 is 2.65 bits per heavy atom. The standard InChI is InChI=1S/C16H19N3O3S/c1-2-18-7-9-19(10-8-18)16(21)13-5-6-14(23-13)17-15(20)12-4-3-11-22-12/h3-6,11H,2,7-10H2,1H3,(H,17,20). The SMILES string of the molecule is CCN1CCN(C(=O)c2ccc(NC(=O)c3ccco3)s2)CC1. The molecule has 1 saturated heterocycles. The molecule has 0 unspecified atom stereocenters. The zero-order valence-electron chi connectivity index (χ0n) is 12.9. The highest BCUT2D eigenvalue weighted by Gasteiger charge is 2.22. The van der Waals surface area contributed by atoms with Crippen LogP contribution in [0.1, 0.15) is 27.2 Å². The summed E-state index contributed by atoms with van der Waals surface area (Å²) in [5.74, 6) is -0.0291. The second-order valence-corrected chi connectivity index (χ2v) is 6.41. The smallest absolute Gasteiger partial charge is 0.291 e. The Hall–Kier alpha value is -2.12. The molecule has 0 bridgehead atoms. The van der Waals surface area contributed by atoms with E-state index in [1.165, 1.54) is 17.6 Å². The number of nitrogens with one attached hydrogen (secondary N) is 1. The fraction of sp³-hybridized carbons (Fsp3) is 0.375. The monoisotopic (exact) mass is 333 g/mol. The van der Waals surface area contributed by atoms with E-state index in [4.69, 9.17) is 4.42 Å². The molecule has 7 heteroatoms. The molecular formula is C16H19N3O3S. The topological polar surface area (TPSA) is 65.8 Å². The quantitative estimate of drug-likeness (QED) is 0.933. The fourth-order valence-corrected chi connectivity index (χ4v) is 3.39. The predicted molar refractivity (Wildman–Crippen MR) is 89.0 cm³/mol. The van der Waals surface area contributed by atoms with Gasteiger partial charge >= 0.3 is 0 Å². The van der Waals surface area contributed by atoms with Crippen molar-refractivity contribution >= 4 is 28.2 Å². The van der Waals surface area contributed by atoms with Gasteiger partial charge in [-0.25, -0.2) is 0 Å². The van der Waals surface area contributed by atoms with Gasteiger partial charge in [0.05, 0.1) is 16.1 Å². The van der Waals surface area contributed by atoms with Crippen LogP contribution in [0.15, 0.2) is 34.9 Å². The van der Waals surface area contributed by atoms with E-state index in [1.807, 2.05) is 4.90 Å². The number of hydrogen-bond acceptors (Lipinski definition) is 5. The molecule has 3 heterocycles. The minimum Gasteiger partial charge on any atom is -0.459 e. The van der Waals surface area contributed by atoms with Gasteiger partial charge in [0.25, 0.3) is 11.8 Å². The number of carbonyl (C=O) groups is 2. The van der Waals surface area contributed by atoms with Gasteiger partial charge in [-0.15, -0.1) is 11.3 Å². The van der Waals surface area contributed by atoms with Crippen LogP contribution >= 0.6 is 11.3 Å². The van der Waals surface area contributed by atoms with E-state index >= 15 is 0 Å². The van der Waals surface area contributed by atoms with E-state index in [9.17, 15) is 9.59 Å². The summed E-state index contributed by atoms with van der Waals surface area (Å²) in [5, 5.41) is 3.39. The first kappa shape index (κ1) is 15.8. The van der Waals surface area contributed by atoms with Crippen LogP contribution in [0.3, 0.4) is 0 Å².